The summed E-state index contributed by atoms with van der Waals surface area (Å²) in [4.78, 5) is 24.1. The zero-order valence-electron chi connectivity index (χ0n) is 23.4. The third kappa shape index (κ3) is 6.40. The summed E-state index contributed by atoms with van der Waals surface area (Å²) < 4.78 is 42.0. The fraction of sp³-hybridized carbons (Fsp3) is 0.355. The van der Waals surface area contributed by atoms with Crippen molar-refractivity contribution in [3.8, 4) is 0 Å². The molecular weight excluding hydrogens is 543 g/mol. The Balaban J connectivity index is 1.36. The largest absolute Gasteiger partial charge is 0.412 e. The number of nitroso groups, excluding NO2 is 1. The molecule has 2 aliphatic rings. The van der Waals surface area contributed by atoms with E-state index >= 15 is 0 Å². The molecule has 1 saturated heterocycles. The number of fused-ring (bicyclic) bond motifs is 4. The van der Waals surface area contributed by atoms with Crippen molar-refractivity contribution in [1.29, 1.82) is 0 Å². The second-order valence-corrected chi connectivity index (χ2v) is 10.9. The van der Waals surface area contributed by atoms with Crippen LogP contribution in [0.15, 0.2) is 84.9 Å². The molecule has 0 amide bonds. The van der Waals surface area contributed by atoms with Gasteiger partial charge in [-0.25, -0.2) is 9.97 Å². The highest BCUT2D eigenvalue weighted by atomic mass is 19.4. The van der Waals surface area contributed by atoms with Crippen molar-refractivity contribution in [3.05, 3.63) is 102 Å². The van der Waals surface area contributed by atoms with Gasteiger partial charge in [0.1, 0.15) is 17.7 Å². The van der Waals surface area contributed by atoms with Gasteiger partial charge in [-0.05, 0) is 60.6 Å². The van der Waals surface area contributed by atoms with Gasteiger partial charge in [-0.2, -0.15) is 18.1 Å². The average Bonchev–Trinajstić information content (AvgIpc) is 3.38. The third-order valence-electron chi connectivity index (χ3n) is 7.74. The molecule has 2 aliphatic heterocycles. The highest BCUT2D eigenvalue weighted by molar-refractivity contribution is 5.77. The fourth-order valence-corrected chi connectivity index (χ4v) is 5.51. The summed E-state index contributed by atoms with van der Waals surface area (Å²) in [7, 11) is 0. The number of aryl methyl sites for hydroxylation is 1. The Labute approximate surface area is 243 Å². The summed E-state index contributed by atoms with van der Waals surface area (Å²) in [6.45, 7) is 12.1. The van der Waals surface area contributed by atoms with Gasteiger partial charge in [0.05, 0.1) is 29.7 Å². The minimum absolute atomic E-state index is 0.0730. The maximum absolute atomic E-state index is 14.0. The number of hydrogen-bond acceptors (Lipinski definition) is 8. The topological polar surface area (TPSA) is 85.8 Å². The van der Waals surface area contributed by atoms with Crippen molar-refractivity contribution in [2.45, 2.75) is 44.4 Å². The number of pyridine rings is 2. The second kappa shape index (κ2) is 12.2. The van der Waals surface area contributed by atoms with Crippen LogP contribution in [0.2, 0.25) is 0 Å². The van der Waals surface area contributed by atoms with Gasteiger partial charge in [-0.15, -0.1) is 0 Å². The Morgan fingerprint density at radius 2 is 1.95 bits per heavy atom. The van der Waals surface area contributed by atoms with Gasteiger partial charge in [-0.1, -0.05) is 55.6 Å². The lowest BCUT2D eigenvalue weighted by Gasteiger charge is -2.38. The van der Waals surface area contributed by atoms with E-state index in [1.165, 1.54) is 12.1 Å². The molecule has 2 N–H and O–H groups in total. The maximum Gasteiger partial charge on any atom is 0.412 e. The minimum Gasteiger partial charge on any atom is -0.369 e. The molecular formula is C31H34F3N7O. The van der Waals surface area contributed by atoms with Crippen LogP contribution in [0.25, 0.3) is 5.70 Å². The van der Waals surface area contributed by atoms with Crippen molar-refractivity contribution in [3.63, 3.8) is 0 Å². The molecule has 2 unspecified atom stereocenters. The van der Waals surface area contributed by atoms with E-state index in [-0.39, 0.29) is 23.2 Å². The summed E-state index contributed by atoms with van der Waals surface area (Å²) in [5.74, 6) is 2.00. The molecule has 4 heterocycles. The first kappa shape index (κ1) is 29.1. The number of benzene rings is 1. The predicted octanol–water partition coefficient (Wildman–Crippen LogP) is 6.66. The smallest absolute Gasteiger partial charge is 0.369 e. The first-order valence-electron chi connectivity index (χ1n) is 14.0. The molecule has 2 bridgehead atoms. The van der Waals surface area contributed by atoms with Gasteiger partial charge in [0.2, 0.25) is 0 Å². The monoisotopic (exact) mass is 577 g/mol. The van der Waals surface area contributed by atoms with E-state index in [4.69, 9.17) is 4.98 Å². The van der Waals surface area contributed by atoms with E-state index in [9.17, 15) is 18.1 Å². The summed E-state index contributed by atoms with van der Waals surface area (Å²) in [6.07, 6.45) is -0.306. The number of nitrogens with one attached hydrogen (secondary N) is 2. The molecule has 11 heteroatoms. The number of anilines is 3. The molecule has 2 aromatic heterocycles. The lowest BCUT2D eigenvalue weighted by molar-refractivity contribution is -0.154. The van der Waals surface area contributed by atoms with Crippen molar-refractivity contribution >= 4 is 23.0 Å². The van der Waals surface area contributed by atoms with Gasteiger partial charge in [0.15, 0.2) is 5.82 Å². The highest BCUT2D eigenvalue weighted by Crippen LogP contribution is 2.41. The lowest BCUT2D eigenvalue weighted by atomic mass is 10.0. The summed E-state index contributed by atoms with van der Waals surface area (Å²) in [6, 6.07) is 13.3. The Bertz CT molecular complexity index is 1450. The van der Waals surface area contributed by atoms with E-state index in [1.54, 1.807) is 30.5 Å². The van der Waals surface area contributed by atoms with E-state index in [0.717, 1.165) is 43.6 Å². The Morgan fingerprint density at radius 1 is 1.17 bits per heavy atom. The minimum atomic E-state index is -4.53. The number of alkyl halides is 3. The zero-order chi connectivity index (χ0) is 29.9. The maximum atomic E-state index is 14.0. The van der Waals surface area contributed by atoms with Crippen molar-refractivity contribution in [2.24, 2.45) is 11.1 Å². The van der Waals surface area contributed by atoms with E-state index in [1.807, 2.05) is 30.0 Å². The second-order valence-electron chi connectivity index (χ2n) is 10.9. The first-order valence-corrected chi connectivity index (χ1v) is 14.0. The van der Waals surface area contributed by atoms with E-state index in [2.05, 4.69) is 38.9 Å². The molecule has 0 radical (unpaired) electrons. The molecule has 0 spiro atoms. The van der Waals surface area contributed by atoms with Gasteiger partial charge in [0.25, 0.3) is 0 Å². The molecule has 1 aromatic carbocycles. The van der Waals surface area contributed by atoms with E-state index in [0.29, 0.717) is 29.7 Å². The lowest BCUT2D eigenvalue weighted by Crippen LogP contribution is -2.44. The van der Waals surface area contributed by atoms with Crippen LogP contribution in [0.1, 0.15) is 42.6 Å². The van der Waals surface area contributed by atoms with Crippen LogP contribution < -0.4 is 20.4 Å². The number of aromatic nitrogens is 2. The molecule has 0 saturated carbocycles. The quantitative estimate of drug-likeness (QED) is 0.233. The van der Waals surface area contributed by atoms with Crippen LogP contribution in [-0.2, 0) is 6.42 Å². The molecule has 5 rings (SSSR count). The number of rotatable bonds is 12. The SMILES string of the molecule is C=C(NC(c1ccccc1)C(F)(F)F)c1ccc2c(n1)N(C(=C)Nc1cc(CC[C@H](C)CN=O)ccn1)C1CCN2C1. The average molecular weight is 578 g/mol. The van der Waals surface area contributed by atoms with Crippen LogP contribution in [0.5, 0.6) is 0 Å². The summed E-state index contributed by atoms with van der Waals surface area (Å²) in [5, 5.41) is 8.87. The molecule has 3 aromatic rings. The van der Waals surface area contributed by atoms with Crippen LogP contribution in [0.4, 0.5) is 30.5 Å². The van der Waals surface area contributed by atoms with Gasteiger partial charge in [0, 0.05) is 19.3 Å². The highest BCUT2D eigenvalue weighted by Gasteiger charge is 2.42. The summed E-state index contributed by atoms with van der Waals surface area (Å²) in [5.41, 5.74) is 2.45. The molecule has 8 nitrogen and oxygen atoms in total. The van der Waals surface area contributed by atoms with Crippen molar-refractivity contribution < 1.29 is 13.2 Å². The first-order chi connectivity index (χ1) is 20.1. The van der Waals surface area contributed by atoms with Gasteiger partial charge in [-0.3, -0.25) is 0 Å². The van der Waals surface area contributed by atoms with E-state index < -0.39 is 12.2 Å². The normalized spacial score (nSPS) is 17.3. The fourth-order valence-electron chi connectivity index (χ4n) is 5.51. The number of hydrogen-bond donors (Lipinski definition) is 2. The molecule has 220 valence electrons. The number of nitrogens with zero attached hydrogens (tertiary/aromatic N) is 5. The van der Waals surface area contributed by atoms with Crippen LogP contribution >= 0.6 is 0 Å². The zero-order valence-corrected chi connectivity index (χ0v) is 23.4. The van der Waals surface area contributed by atoms with Crippen LogP contribution in [0, 0.1) is 10.8 Å². The number of halogens is 3. The third-order valence-corrected chi connectivity index (χ3v) is 7.74. The molecule has 1 fully saturated rings. The van der Waals surface area contributed by atoms with Crippen molar-refractivity contribution in [2.75, 3.05) is 34.8 Å². The molecule has 0 aliphatic carbocycles. The van der Waals surface area contributed by atoms with Crippen molar-refractivity contribution in [1.82, 2.24) is 15.3 Å². The summed E-state index contributed by atoms with van der Waals surface area (Å²) >= 11 is 0. The van der Waals surface area contributed by atoms with Crippen LogP contribution in [-0.4, -0.2) is 41.8 Å². The Morgan fingerprint density at radius 3 is 2.69 bits per heavy atom. The standard InChI is InChI=1S/C31H34F3N7O/c1-20(18-36-42)9-10-23-13-15-35-28(17-23)38-22(3)41-25-14-16-40(19-25)27-12-11-26(39-30(27)41)21(2)37-29(31(32,33)34)24-7-5-4-6-8-24/h4-8,11-13,15,17,20,25,29,37H,2-3,9-10,14,16,18-19H2,1H3,(H,35,38)/t20-,25?,29?/m0/s1. The Kier molecular flexibility index (Phi) is 8.46. The molecule has 3 atom stereocenters. The van der Waals surface area contributed by atoms with Crippen LogP contribution in [0.3, 0.4) is 0 Å². The van der Waals surface area contributed by atoms with Gasteiger partial charge >= 0.3 is 6.18 Å². The van der Waals surface area contributed by atoms with Gasteiger partial charge < -0.3 is 20.4 Å². The molecule has 42 heavy (non-hydrogen) atoms. The Hall–Kier alpha value is -4.41. The predicted molar refractivity (Wildman–Crippen MR) is 160 cm³/mol.